The topological polar surface area (TPSA) is 66.8 Å². The van der Waals surface area contributed by atoms with Crippen molar-refractivity contribution in [1.82, 2.24) is 4.90 Å². The van der Waals surface area contributed by atoms with Gasteiger partial charge in [-0.2, -0.15) is 0 Å². The van der Waals surface area contributed by atoms with E-state index in [0.29, 0.717) is 15.1 Å². The Labute approximate surface area is 193 Å². The van der Waals surface area contributed by atoms with Gasteiger partial charge in [-0.3, -0.25) is 4.90 Å². The lowest BCUT2D eigenvalue weighted by Gasteiger charge is -2.25. The van der Waals surface area contributed by atoms with Gasteiger partial charge in [-0.25, -0.2) is 9.59 Å². The molecule has 158 valence electrons. The Hall–Kier alpha value is -2.83. The number of amides is 1. The maximum atomic E-state index is 12.8. The third-order valence-electron chi connectivity index (χ3n) is 5.50. The lowest BCUT2D eigenvalue weighted by atomic mass is 9.98. The van der Waals surface area contributed by atoms with Crippen molar-refractivity contribution >= 4 is 39.6 Å². The smallest absolute Gasteiger partial charge is 0.410 e. The van der Waals surface area contributed by atoms with E-state index in [0.717, 1.165) is 27.2 Å². The Kier molecular flexibility index (Phi) is 6.03. The average molecular weight is 501 g/mol. The van der Waals surface area contributed by atoms with Crippen molar-refractivity contribution in [3.63, 3.8) is 0 Å². The van der Waals surface area contributed by atoms with Gasteiger partial charge in [0.05, 0.1) is 5.02 Å². The number of carbonyl (C=O) groups excluding carboxylic acids is 1. The van der Waals surface area contributed by atoms with Crippen LogP contribution in [0.5, 0.6) is 0 Å². The number of rotatable bonds is 5. The number of halogens is 2. The lowest BCUT2D eigenvalue weighted by Crippen LogP contribution is -2.36. The van der Waals surface area contributed by atoms with E-state index < -0.39 is 18.1 Å². The third-order valence-corrected chi connectivity index (χ3v) is 6.72. The minimum Gasteiger partial charge on any atom is -0.479 e. The first-order valence-corrected chi connectivity index (χ1v) is 10.8. The van der Waals surface area contributed by atoms with Crippen LogP contribution < -0.4 is 0 Å². The number of carboxylic acids is 1. The summed E-state index contributed by atoms with van der Waals surface area (Å²) < 4.78 is 6.15. The SMILES string of the molecule is CN(C(=O)OCC1c2ccccc2-c2ccccc21)C(C(=O)O)c1ccc(Cl)c(Br)c1. The zero-order valence-corrected chi connectivity index (χ0v) is 18.9. The molecule has 4 rings (SSSR count). The molecule has 1 N–H and O–H groups in total. The van der Waals surface area contributed by atoms with Gasteiger partial charge in [0.15, 0.2) is 6.04 Å². The van der Waals surface area contributed by atoms with Crippen LogP contribution in [0.2, 0.25) is 5.02 Å². The van der Waals surface area contributed by atoms with Gasteiger partial charge in [-0.05, 0) is 55.9 Å². The molecule has 0 saturated carbocycles. The molecule has 0 radical (unpaired) electrons. The number of benzene rings is 3. The number of likely N-dealkylation sites (N-methyl/N-ethyl adjacent to an activating group) is 1. The Morgan fingerprint density at radius 2 is 1.65 bits per heavy atom. The van der Waals surface area contributed by atoms with Crippen LogP contribution in [0.4, 0.5) is 4.79 Å². The molecule has 0 heterocycles. The van der Waals surface area contributed by atoms with Crippen LogP contribution in [0.1, 0.15) is 28.7 Å². The third kappa shape index (κ3) is 4.05. The molecule has 7 heteroatoms. The summed E-state index contributed by atoms with van der Waals surface area (Å²) in [5.41, 5.74) is 4.86. The van der Waals surface area contributed by atoms with Crippen LogP contribution in [0.25, 0.3) is 11.1 Å². The van der Waals surface area contributed by atoms with E-state index in [1.54, 1.807) is 18.2 Å². The second-order valence-corrected chi connectivity index (χ2v) is 8.59. The average Bonchev–Trinajstić information content (AvgIpc) is 3.08. The molecule has 0 aromatic heterocycles. The van der Waals surface area contributed by atoms with Crippen LogP contribution in [0.15, 0.2) is 71.2 Å². The molecule has 0 saturated heterocycles. The first-order valence-electron chi connectivity index (χ1n) is 9.64. The van der Waals surface area contributed by atoms with Crippen molar-refractivity contribution in [3.05, 3.63) is 92.9 Å². The number of nitrogens with zero attached hydrogens (tertiary/aromatic N) is 1. The van der Waals surface area contributed by atoms with Gasteiger partial charge in [0.25, 0.3) is 0 Å². The van der Waals surface area contributed by atoms with E-state index in [-0.39, 0.29) is 12.5 Å². The van der Waals surface area contributed by atoms with Crippen LogP contribution in [0.3, 0.4) is 0 Å². The number of carboxylic acid groups (broad SMARTS) is 1. The van der Waals surface area contributed by atoms with Gasteiger partial charge >= 0.3 is 12.1 Å². The molecule has 3 aromatic rings. The Morgan fingerprint density at radius 3 is 2.19 bits per heavy atom. The molecule has 0 fully saturated rings. The maximum Gasteiger partial charge on any atom is 0.410 e. The van der Waals surface area contributed by atoms with E-state index in [9.17, 15) is 14.7 Å². The van der Waals surface area contributed by atoms with Crippen LogP contribution in [-0.4, -0.2) is 35.7 Å². The van der Waals surface area contributed by atoms with Gasteiger partial charge in [-0.1, -0.05) is 66.2 Å². The fraction of sp³-hybridized carbons (Fsp3) is 0.167. The van der Waals surface area contributed by atoms with Crippen molar-refractivity contribution in [2.45, 2.75) is 12.0 Å². The highest BCUT2D eigenvalue weighted by molar-refractivity contribution is 9.10. The number of hydrogen-bond donors (Lipinski definition) is 1. The highest BCUT2D eigenvalue weighted by Gasteiger charge is 2.32. The molecule has 1 atom stereocenters. The lowest BCUT2D eigenvalue weighted by molar-refractivity contribution is -0.142. The van der Waals surface area contributed by atoms with Gasteiger partial charge in [0.1, 0.15) is 6.61 Å². The summed E-state index contributed by atoms with van der Waals surface area (Å²) in [7, 11) is 1.42. The second kappa shape index (κ2) is 8.73. The number of carbonyl (C=O) groups is 2. The summed E-state index contributed by atoms with van der Waals surface area (Å²) in [5.74, 6) is -1.26. The van der Waals surface area contributed by atoms with E-state index in [1.807, 2.05) is 36.4 Å². The van der Waals surface area contributed by atoms with E-state index >= 15 is 0 Å². The van der Waals surface area contributed by atoms with E-state index in [1.165, 1.54) is 7.05 Å². The van der Waals surface area contributed by atoms with Crippen molar-refractivity contribution < 1.29 is 19.4 Å². The quantitative estimate of drug-likeness (QED) is 0.459. The van der Waals surface area contributed by atoms with Crippen LogP contribution in [0, 0.1) is 0 Å². The zero-order valence-electron chi connectivity index (χ0n) is 16.6. The normalized spacial score (nSPS) is 13.3. The summed E-state index contributed by atoms with van der Waals surface area (Å²) in [4.78, 5) is 25.8. The van der Waals surface area contributed by atoms with Crippen molar-refractivity contribution in [2.24, 2.45) is 0 Å². The van der Waals surface area contributed by atoms with E-state index in [2.05, 4.69) is 28.1 Å². The summed E-state index contributed by atoms with van der Waals surface area (Å²) in [6.45, 7) is 0.119. The summed E-state index contributed by atoms with van der Waals surface area (Å²) >= 11 is 9.31. The van der Waals surface area contributed by atoms with Gasteiger partial charge in [0.2, 0.25) is 0 Å². The molecule has 0 spiro atoms. The van der Waals surface area contributed by atoms with Crippen molar-refractivity contribution in [3.8, 4) is 11.1 Å². The minimum atomic E-state index is -1.20. The summed E-state index contributed by atoms with van der Waals surface area (Å²) in [5, 5.41) is 10.2. The fourth-order valence-corrected chi connectivity index (χ4v) is 4.53. The molecule has 0 aliphatic heterocycles. The maximum absolute atomic E-state index is 12.8. The van der Waals surface area contributed by atoms with Crippen molar-refractivity contribution in [1.29, 1.82) is 0 Å². The highest BCUT2D eigenvalue weighted by Crippen LogP contribution is 2.44. The molecular weight excluding hydrogens is 482 g/mol. The number of aliphatic carboxylic acids is 1. The molecule has 1 unspecified atom stereocenters. The molecule has 0 bridgehead atoms. The minimum absolute atomic E-state index is 0.0993. The number of hydrogen-bond acceptors (Lipinski definition) is 3. The molecule has 1 amide bonds. The van der Waals surface area contributed by atoms with E-state index in [4.69, 9.17) is 16.3 Å². The number of fused-ring (bicyclic) bond motifs is 3. The predicted molar refractivity (Wildman–Crippen MR) is 122 cm³/mol. The molecule has 31 heavy (non-hydrogen) atoms. The first-order chi connectivity index (χ1) is 14.9. The van der Waals surface area contributed by atoms with Gasteiger partial charge in [0, 0.05) is 17.4 Å². The predicted octanol–water partition coefficient (Wildman–Crippen LogP) is 6.11. The summed E-state index contributed by atoms with van der Waals surface area (Å²) in [6.07, 6.45) is -0.708. The zero-order chi connectivity index (χ0) is 22.1. The first kappa shape index (κ1) is 21.4. The van der Waals surface area contributed by atoms with Crippen LogP contribution in [-0.2, 0) is 9.53 Å². The second-order valence-electron chi connectivity index (χ2n) is 7.33. The molecular formula is C24H19BrClNO4. The van der Waals surface area contributed by atoms with Gasteiger partial charge in [-0.15, -0.1) is 0 Å². The van der Waals surface area contributed by atoms with Gasteiger partial charge < -0.3 is 9.84 Å². The van der Waals surface area contributed by atoms with Crippen LogP contribution >= 0.6 is 27.5 Å². The summed E-state index contributed by atoms with van der Waals surface area (Å²) in [6, 6.07) is 19.6. The standard InChI is InChI=1S/C24H19BrClNO4/c1-27(22(23(28)29)14-10-11-21(26)20(25)12-14)24(30)31-13-19-17-8-4-2-6-15(17)16-7-3-5-9-18(16)19/h2-12,19,22H,13H2,1H3,(H,28,29). The Balaban J connectivity index is 1.54. The molecule has 1 aliphatic carbocycles. The highest BCUT2D eigenvalue weighted by atomic mass is 79.9. The molecule has 5 nitrogen and oxygen atoms in total. The monoisotopic (exact) mass is 499 g/mol. The Bertz CT molecular complexity index is 1120. The van der Waals surface area contributed by atoms with Crippen molar-refractivity contribution in [2.75, 3.05) is 13.7 Å². The Morgan fingerprint density at radius 1 is 1.06 bits per heavy atom. The fourth-order valence-electron chi connectivity index (χ4n) is 4.02. The molecule has 3 aromatic carbocycles. The largest absolute Gasteiger partial charge is 0.479 e. The molecule has 1 aliphatic rings. The number of ether oxygens (including phenoxy) is 1.